The summed E-state index contributed by atoms with van der Waals surface area (Å²) < 4.78 is 144. The Kier molecular flexibility index (Phi) is 6.85. The average Bonchev–Trinajstić information content (AvgIpc) is 2.34. The van der Waals surface area contributed by atoms with Crippen molar-refractivity contribution in [1.82, 2.24) is 0 Å². The topological polar surface area (TPSA) is 42.2 Å². The standard InChI is InChI=1S/C10H8F11NO2/c11-6(12,2-5-23-4-1-3-22)10(20,21)24-7(13,8(14,15)16)9(17,18)19/h1-2,4-5H2. The highest BCUT2D eigenvalue weighted by Crippen LogP contribution is 2.52. The van der Waals surface area contributed by atoms with Crippen molar-refractivity contribution in [1.29, 1.82) is 5.26 Å². The van der Waals surface area contributed by atoms with Gasteiger partial charge in [-0.15, -0.1) is 0 Å². The predicted molar refractivity (Wildman–Crippen MR) is 52.6 cm³/mol. The third-order valence-electron chi connectivity index (χ3n) is 2.34. The van der Waals surface area contributed by atoms with Crippen molar-refractivity contribution in [3.63, 3.8) is 0 Å². The Hall–Kier alpha value is -1.36. The minimum Gasteiger partial charge on any atom is -0.380 e. The first kappa shape index (κ1) is 22.6. The number of hydrogen-bond acceptors (Lipinski definition) is 3. The molecular formula is C10H8F11NO2. The van der Waals surface area contributed by atoms with Crippen LogP contribution in [0.4, 0.5) is 48.3 Å². The Morgan fingerprint density at radius 3 is 1.58 bits per heavy atom. The lowest BCUT2D eigenvalue weighted by Gasteiger charge is -2.35. The normalized spacial score (nSPS) is 14.6. The van der Waals surface area contributed by atoms with Crippen LogP contribution in [0.2, 0.25) is 0 Å². The van der Waals surface area contributed by atoms with Gasteiger partial charge in [-0.25, -0.2) is 0 Å². The summed E-state index contributed by atoms with van der Waals surface area (Å²) in [4.78, 5) is 0. The highest BCUT2D eigenvalue weighted by Gasteiger charge is 2.79. The monoisotopic (exact) mass is 383 g/mol. The zero-order valence-electron chi connectivity index (χ0n) is 11.2. The minimum absolute atomic E-state index is 0.339. The average molecular weight is 383 g/mol. The predicted octanol–water partition coefficient (Wildman–Crippen LogP) is 4.34. The third-order valence-corrected chi connectivity index (χ3v) is 2.34. The summed E-state index contributed by atoms with van der Waals surface area (Å²) in [5, 5.41) is 8.06. The van der Waals surface area contributed by atoms with E-state index in [-0.39, 0.29) is 6.42 Å². The smallest absolute Gasteiger partial charge is 0.380 e. The van der Waals surface area contributed by atoms with E-state index in [9.17, 15) is 48.3 Å². The van der Waals surface area contributed by atoms with Gasteiger partial charge in [0.1, 0.15) is 0 Å². The minimum atomic E-state index is -7.09. The lowest BCUT2D eigenvalue weighted by molar-refractivity contribution is -0.503. The number of hydrogen-bond donors (Lipinski definition) is 0. The van der Waals surface area contributed by atoms with Crippen molar-refractivity contribution >= 4 is 0 Å². The van der Waals surface area contributed by atoms with Crippen LogP contribution >= 0.6 is 0 Å². The maximum atomic E-state index is 13.1. The van der Waals surface area contributed by atoms with Gasteiger partial charge in [0.15, 0.2) is 0 Å². The maximum absolute atomic E-state index is 13.1. The van der Waals surface area contributed by atoms with Crippen LogP contribution in [0.15, 0.2) is 0 Å². The fourth-order valence-corrected chi connectivity index (χ4v) is 1.09. The Morgan fingerprint density at radius 1 is 0.750 bits per heavy atom. The zero-order valence-corrected chi connectivity index (χ0v) is 11.2. The lowest BCUT2D eigenvalue weighted by atomic mass is 10.2. The fraction of sp³-hybridized carbons (Fsp3) is 0.900. The van der Waals surface area contributed by atoms with Gasteiger partial charge in [0.05, 0.1) is 25.7 Å². The van der Waals surface area contributed by atoms with Gasteiger partial charge >= 0.3 is 30.2 Å². The molecule has 3 nitrogen and oxygen atoms in total. The Balaban J connectivity index is 5.23. The van der Waals surface area contributed by atoms with Gasteiger partial charge in [-0.1, -0.05) is 0 Å². The van der Waals surface area contributed by atoms with E-state index in [1.807, 2.05) is 4.74 Å². The molecule has 0 aliphatic rings. The van der Waals surface area contributed by atoms with Crippen molar-refractivity contribution in [2.75, 3.05) is 13.2 Å². The highest BCUT2D eigenvalue weighted by atomic mass is 19.4. The molecule has 24 heavy (non-hydrogen) atoms. The second-order valence-electron chi connectivity index (χ2n) is 4.18. The number of ether oxygens (including phenoxy) is 2. The van der Waals surface area contributed by atoms with Crippen LogP contribution in [0.25, 0.3) is 0 Å². The molecule has 0 atom stereocenters. The van der Waals surface area contributed by atoms with Crippen molar-refractivity contribution in [3.8, 4) is 6.07 Å². The van der Waals surface area contributed by atoms with Gasteiger partial charge in [0, 0.05) is 6.42 Å². The van der Waals surface area contributed by atoms with E-state index in [4.69, 9.17) is 5.26 Å². The molecule has 0 saturated carbocycles. The van der Waals surface area contributed by atoms with Crippen molar-refractivity contribution < 1.29 is 57.8 Å². The second kappa shape index (κ2) is 7.26. The van der Waals surface area contributed by atoms with E-state index in [0.29, 0.717) is 0 Å². The molecule has 0 aromatic rings. The van der Waals surface area contributed by atoms with Gasteiger partial charge in [-0.05, 0) is 0 Å². The molecule has 0 rings (SSSR count). The van der Waals surface area contributed by atoms with Crippen LogP contribution in [0.5, 0.6) is 0 Å². The Morgan fingerprint density at radius 2 is 1.21 bits per heavy atom. The first-order valence-electron chi connectivity index (χ1n) is 5.75. The van der Waals surface area contributed by atoms with Crippen molar-refractivity contribution in [2.45, 2.75) is 43.1 Å². The van der Waals surface area contributed by atoms with Gasteiger partial charge < -0.3 is 4.74 Å². The van der Waals surface area contributed by atoms with Gasteiger partial charge in [0.25, 0.3) is 0 Å². The Labute approximate surface area is 126 Å². The Bertz CT molecular complexity index is 437. The van der Waals surface area contributed by atoms with E-state index in [2.05, 4.69) is 4.74 Å². The summed E-state index contributed by atoms with van der Waals surface area (Å²) in [6.45, 7) is -1.76. The second-order valence-corrected chi connectivity index (χ2v) is 4.18. The van der Waals surface area contributed by atoms with Crippen molar-refractivity contribution in [3.05, 3.63) is 0 Å². The molecule has 14 heteroatoms. The molecule has 0 aromatic carbocycles. The first-order valence-corrected chi connectivity index (χ1v) is 5.75. The molecular weight excluding hydrogens is 375 g/mol. The molecule has 0 amide bonds. The van der Waals surface area contributed by atoms with Crippen LogP contribution in [0.1, 0.15) is 12.8 Å². The summed E-state index contributed by atoms with van der Waals surface area (Å²) >= 11 is 0. The number of nitrogens with zero attached hydrogens (tertiary/aromatic N) is 1. The number of rotatable bonds is 8. The maximum Gasteiger partial charge on any atom is 0.458 e. The molecule has 0 spiro atoms. The number of alkyl halides is 11. The molecule has 0 aliphatic carbocycles. The molecule has 142 valence electrons. The molecule has 0 fully saturated rings. The van der Waals surface area contributed by atoms with Crippen LogP contribution in [0.3, 0.4) is 0 Å². The van der Waals surface area contributed by atoms with Crippen LogP contribution in [0, 0.1) is 11.3 Å². The summed E-state index contributed by atoms with van der Waals surface area (Å²) in [5.74, 6) is -12.6. The first-order chi connectivity index (χ1) is 10.5. The van der Waals surface area contributed by atoms with E-state index in [0.717, 1.165) is 0 Å². The van der Waals surface area contributed by atoms with E-state index in [1.165, 1.54) is 6.07 Å². The molecule has 0 saturated heterocycles. The third kappa shape index (κ3) is 5.07. The molecule has 0 aromatic heterocycles. The molecule has 0 heterocycles. The summed E-state index contributed by atoms with van der Waals surface area (Å²) in [5.41, 5.74) is 0. The molecule has 0 bridgehead atoms. The molecule has 0 N–H and O–H groups in total. The van der Waals surface area contributed by atoms with E-state index < -0.39 is 49.9 Å². The lowest BCUT2D eigenvalue weighted by Crippen LogP contribution is -2.61. The molecule has 0 radical (unpaired) electrons. The highest BCUT2D eigenvalue weighted by molar-refractivity contribution is 4.90. The fourth-order valence-electron chi connectivity index (χ4n) is 1.09. The van der Waals surface area contributed by atoms with Gasteiger partial charge in [0.2, 0.25) is 0 Å². The SMILES string of the molecule is N#CCCOCCC(F)(F)C(F)(F)OC(F)(C(F)(F)F)C(F)(F)F. The number of nitriles is 1. The quantitative estimate of drug-likeness (QED) is 0.463. The zero-order chi connectivity index (χ0) is 19.4. The number of halogens is 11. The van der Waals surface area contributed by atoms with Crippen LogP contribution in [-0.4, -0.2) is 43.5 Å². The van der Waals surface area contributed by atoms with E-state index >= 15 is 0 Å². The largest absolute Gasteiger partial charge is 0.458 e. The van der Waals surface area contributed by atoms with Crippen LogP contribution < -0.4 is 0 Å². The summed E-state index contributed by atoms with van der Waals surface area (Å²) in [7, 11) is 0. The molecule has 0 unspecified atom stereocenters. The van der Waals surface area contributed by atoms with Crippen LogP contribution in [-0.2, 0) is 9.47 Å². The summed E-state index contributed by atoms with van der Waals surface area (Å²) in [6.07, 6.45) is -23.1. The van der Waals surface area contributed by atoms with E-state index in [1.54, 1.807) is 0 Å². The summed E-state index contributed by atoms with van der Waals surface area (Å²) in [6, 6.07) is 1.47. The van der Waals surface area contributed by atoms with Gasteiger partial charge in [-0.2, -0.15) is 53.6 Å². The van der Waals surface area contributed by atoms with Crippen molar-refractivity contribution in [2.24, 2.45) is 0 Å². The molecule has 0 aliphatic heterocycles. The van der Waals surface area contributed by atoms with Gasteiger partial charge in [-0.3, -0.25) is 4.74 Å².